The SMILES string of the molecule is O=C(COC1CCNCC1)Nc1cccc(CO)c1. The van der Waals surface area contributed by atoms with Crippen LogP contribution in [0.1, 0.15) is 18.4 Å². The van der Waals surface area contributed by atoms with Crippen LogP contribution in [0.25, 0.3) is 0 Å². The highest BCUT2D eigenvalue weighted by molar-refractivity contribution is 5.91. The van der Waals surface area contributed by atoms with Crippen molar-refractivity contribution in [3.05, 3.63) is 29.8 Å². The Hall–Kier alpha value is -1.43. The summed E-state index contributed by atoms with van der Waals surface area (Å²) < 4.78 is 5.57. The molecular weight excluding hydrogens is 244 g/mol. The summed E-state index contributed by atoms with van der Waals surface area (Å²) in [6.07, 6.45) is 2.08. The lowest BCUT2D eigenvalue weighted by Gasteiger charge is -2.22. The van der Waals surface area contributed by atoms with E-state index in [2.05, 4.69) is 10.6 Å². The van der Waals surface area contributed by atoms with Gasteiger partial charge in [-0.1, -0.05) is 12.1 Å². The van der Waals surface area contributed by atoms with Gasteiger partial charge in [-0.2, -0.15) is 0 Å². The number of rotatable bonds is 5. The molecule has 5 heteroatoms. The van der Waals surface area contributed by atoms with Gasteiger partial charge in [0.1, 0.15) is 6.61 Å². The number of hydrogen-bond donors (Lipinski definition) is 3. The number of benzene rings is 1. The van der Waals surface area contributed by atoms with Crippen molar-refractivity contribution >= 4 is 11.6 Å². The van der Waals surface area contributed by atoms with E-state index in [0.29, 0.717) is 5.69 Å². The molecule has 0 bridgehead atoms. The first-order chi connectivity index (χ1) is 9.28. The van der Waals surface area contributed by atoms with E-state index in [1.54, 1.807) is 24.3 Å². The molecule has 1 aromatic rings. The molecule has 3 N–H and O–H groups in total. The second kappa shape index (κ2) is 7.23. The third-order valence-corrected chi connectivity index (χ3v) is 3.13. The van der Waals surface area contributed by atoms with Gasteiger partial charge in [0.15, 0.2) is 0 Å². The molecule has 0 saturated carbocycles. The number of piperidine rings is 1. The number of amides is 1. The van der Waals surface area contributed by atoms with E-state index >= 15 is 0 Å². The Kier molecular flexibility index (Phi) is 5.32. The standard InChI is InChI=1S/C14H20N2O3/c17-9-11-2-1-3-12(8-11)16-14(18)10-19-13-4-6-15-7-5-13/h1-3,8,13,15,17H,4-7,9-10H2,(H,16,18). The first-order valence-corrected chi connectivity index (χ1v) is 6.60. The fourth-order valence-electron chi connectivity index (χ4n) is 2.10. The molecule has 1 aliphatic heterocycles. The van der Waals surface area contributed by atoms with Crippen molar-refractivity contribution in [1.82, 2.24) is 5.32 Å². The average Bonchev–Trinajstić information content (AvgIpc) is 2.46. The number of ether oxygens (including phenoxy) is 1. The molecule has 1 aliphatic rings. The van der Waals surface area contributed by atoms with Crippen LogP contribution >= 0.6 is 0 Å². The highest BCUT2D eigenvalue weighted by Gasteiger charge is 2.14. The van der Waals surface area contributed by atoms with Gasteiger partial charge in [0, 0.05) is 5.69 Å². The van der Waals surface area contributed by atoms with E-state index in [-0.39, 0.29) is 25.2 Å². The molecule has 0 unspecified atom stereocenters. The van der Waals surface area contributed by atoms with Crippen LogP contribution < -0.4 is 10.6 Å². The van der Waals surface area contributed by atoms with Crippen LogP contribution in [0.3, 0.4) is 0 Å². The predicted molar refractivity (Wildman–Crippen MR) is 72.8 cm³/mol. The van der Waals surface area contributed by atoms with E-state index in [4.69, 9.17) is 9.84 Å². The number of hydrogen-bond acceptors (Lipinski definition) is 4. The zero-order valence-corrected chi connectivity index (χ0v) is 10.9. The van der Waals surface area contributed by atoms with Crippen LogP contribution in [-0.2, 0) is 16.1 Å². The maximum Gasteiger partial charge on any atom is 0.250 e. The lowest BCUT2D eigenvalue weighted by Crippen LogP contribution is -2.34. The number of aliphatic hydroxyl groups excluding tert-OH is 1. The van der Waals surface area contributed by atoms with Crippen LogP contribution in [0.5, 0.6) is 0 Å². The van der Waals surface area contributed by atoms with Crippen LogP contribution in [0.2, 0.25) is 0 Å². The van der Waals surface area contributed by atoms with Crippen molar-refractivity contribution < 1.29 is 14.6 Å². The molecule has 0 atom stereocenters. The van der Waals surface area contributed by atoms with E-state index in [0.717, 1.165) is 31.5 Å². The number of nitrogens with one attached hydrogen (secondary N) is 2. The van der Waals surface area contributed by atoms with Crippen molar-refractivity contribution in [2.75, 3.05) is 25.0 Å². The Morgan fingerprint density at radius 2 is 2.21 bits per heavy atom. The minimum atomic E-state index is -0.159. The second-order valence-electron chi connectivity index (χ2n) is 4.67. The van der Waals surface area contributed by atoms with E-state index < -0.39 is 0 Å². The van der Waals surface area contributed by atoms with Gasteiger partial charge < -0.3 is 20.5 Å². The molecule has 1 heterocycles. The summed E-state index contributed by atoms with van der Waals surface area (Å²) in [7, 11) is 0. The average molecular weight is 264 g/mol. The number of anilines is 1. The smallest absolute Gasteiger partial charge is 0.250 e. The fourth-order valence-corrected chi connectivity index (χ4v) is 2.10. The summed E-state index contributed by atoms with van der Waals surface area (Å²) >= 11 is 0. The quantitative estimate of drug-likeness (QED) is 0.738. The predicted octanol–water partition coefficient (Wildman–Crippen LogP) is 0.886. The molecular formula is C14H20N2O3. The van der Waals surface area contributed by atoms with Gasteiger partial charge >= 0.3 is 0 Å². The second-order valence-corrected chi connectivity index (χ2v) is 4.67. The normalized spacial score (nSPS) is 16.3. The zero-order chi connectivity index (χ0) is 13.5. The summed E-state index contributed by atoms with van der Waals surface area (Å²) in [5, 5.41) is 15.0. The maximum atomic E-state index is 11.7. The molecule has 104 valence electrons. The highest BCUT2D eigenvalue weighted by Crippen LogP contribution is 2.11. The van der Waals surface area contributed by atoms with Gasteiger partial charge in [-0.15, -0.1) is 0 Å². The van der Waals surface area contributed by atoms with E-state index in [9.17, 15) is 4.79 Å². The Morgan fingerprint density at radius 1 is 1.42 bits per heavy atom. The summed E-state index contributed by atoms with van der Waals surface area (Å²) in [5.74, 6) is -0.159. The van der Waals surface area contributed by atoms with Crippen molar-refractivity contribution in [3.8, 4) is 0 Å². The van der Waals surface area contributed by atoms with Crippen molar-refractivity contribution in [1.29, 1.82) is 0 Å². The third kappa shape index (κ3) is 4.63. The van der Waals surface area contributed by atoms with Crippen molar-refractivity contribution in [3.63, 3.8) is 0 Å². The number of aliphatic hydroxyl groups is 1. The largest absolute Gasteiger partial charge is 0.392 e. The summed E-state index contributed by atoms with van der Waals surface area (Å²) in [5.41, 5.74) is 1.46. The number of carbonyl (C=O) groups is 1. The van der Waals surface area contributed by atoms with Gasteiger partial charge in [-0.05, 0) is 43.6 Å². The number of carbonyl (C=O) groups excluding carboxylic acids is 1. The van der Waals surface area contributed by atoms with Crippen LogP contribution in [-0.4, -0.2) is 36.8 Å². The lowest BCUT2D eigenvalue weighted by molar-refractivity contribution is -0.123. The Labute approximate surface area is 113 Å². The monoisotopic (exact) mass is 264 g/mol. The van der Waals surface area contributed by atoms with Gasteiger partial charge in [0.2, 0.25) is 5.91 Å². The lowest BCUT2D eigenvalue weighted by atomic mass is 10.1. The molecule has 0 aromatic heterocycles. The van der Waals surface area contributed by atoms with Crippen LogP contribution in [0.4, 0.5) is 5.69 Å². The Balaban J connectivity index is 1.76. The third-order valence-electron chi connectivity index (χ3n) is 3.13. The van der Waals surface area contributed by atoms with Gasteiger partial charge in [0.25, 0.3) is 0 Å². The summed E-state index contributed by atoms with van der Waals surface area (Å²) in [6.45, 7) is 1.94. The molecule has 1 fully saturated rings. The molecule has 1 saturated heterocycles. The van der Waals surface area contributed by atoms with Crippen molar-refractivity contribution in [2.45, 2.75) is 25.6 Å². The minimum Gasteiger partial charge on any atom is -0.392 e. The molecule has 1 aromatic carbocycles. The highest BCUT2D eigenvalue weighted by atomic mass is 16.5. The van der Waals surface area contributed by atoms with Gasteiger partial charge in [-0.3, -0.25) is 4.79 Å². The molecule has 1 amide bonds. The molecule has 19 heavy (non-hydrogen) atoms. The summed E-state index contributed by atoms with van der Waals surface area (Å²) in [4.78, 5) is 11.7. The Bertz CT molecular complexity index is 417. The van der Waals surface area contributed by atoms with E-state index in [1.807, 2.05) is 0 Å². The first-order valence-electron chi connectivity index (χ1n) is 6.60. The minimum absolute atomic E-state index is 0.0325. The molecule has 0 spiro atoms. The molecule has 5 nitrogen and oxygen atoms in total. The van der Waals surface area contributed by atoms with Crippen molar-refractivity contribution in [2.24, 2.45) is 0 Å². The Morgan fingerprint density at radius 3 is 2.95 bits per heavy atom. The topological polar surface area (TPSA) is 70.6 Å². The molecule has 2 rings (SSSR count). The maximum absolute atomic E-state index is 11.7. The fraction of sp³-hybridized carbons (Fsp3) is 0.500. The van der Waals surface area contributed by atoms with Gasteiger partial charge in [-0.25, -0.2) is 0 Å². The van der Waals surface area contributed by atoms with Crippen LogP contribution in [0.15, 0.2) is 24.3 Å². The molecule has 0 radical (unpaired) electrons. The zero-order valence-electron chi connectivity index (χ0n) is 10.9. The first kappa shape index (κ1) is 14.0. The van der Waals surface area contributed by atoms with E-state index in [1.165, 1.54) is 0 Å². The van der Waals surface area contributed by atoms with Crippen LogP contribution in [0, 0.1) is 0 Å². The summed E-state index contributed by atoms with van der Waals surface area (Å²) in [6, 6.07) is 7.15. The molecule has 0 aliphatic carbocycles. The van der Waals surface area contributed by atoms with Gasteiger partial charge in [0.05, 0.1) is 12.7 Å².